The largest absolute Gasteiger partial charge is 0.369 e. The first-order chi connectivity index (χ1) is 13.2. The zero-order valence-corrected chi connectivity index (χ0v) is 15.8. The molecule has 3 aromatic rings. The molecule has 1 atom stereocenters. The normalized spacial score (nSPS) is 11.9. The number of carbonyl (C=O) groups is 1. The molecule has 0 aliphatic carbocycles. The van der Waals surface area contributed by atoms with Crippen LogP contribution < -0.4 is 5.32 Å². The molecule has 5 nitrogen and oxygen atoms in total. The van der Waals surface area contributed by atoms with Crippen molar-refractivity contribution in [2.24, 2.45) is 0 Å². The molecule has 0 radical (unpaired) electrons. The zero-order chi connectivity index (χ0) is 19.1. The Bertz CT molecular complexity index is 860. The Balaban J connectivity index is 1.81. The summed E-state index contributed by atoms with van der Waals surface area (Å²) in [6, 6.07) is 20.2. The van der Waals surface area contributed by atoms with E-state index in [1.165, 1.54) is 5.56 Å². The Morgan fingerprint density at radius 3 is 2.44 bits per heavy atom. The second kappa shape index (κ2) is 9.14. The summed E-state index contributed by atoms with van der Waals surface area (Å²) >= 11 is 0. The van der Waals surface area contributed by atoms with Crippen LogP contribution in [0, 0.1) is 0 Å². The van der Waals surface area contributed by atoms with Gasteiger partial charge in [0.05, 0.1) is 12.2 Å². The quantitative estimate of drug-likeness (QED) is 0.665. The fourth-order valence-electron chi connectivity index (χ4n) is 2.93. The van der Waals surface area contributed by atoms with Crippen LogP contribution in [0.15, 0.2) is 66.9 Å². The molecular formula is C22H25N3O2. The van der Waals surface area contributed by atoms with Crippen molar-refractivity contribution in [1.82, 2.24) is 15.1 Å². The predicted molar refractivity (Wildman–Crippen MR) is 106 cm³/mol. The summed E-state index contributed by atoms with van der Waals surface area (Å²) in [5.74, 6) is -0.119. The molecule has 1 aromatic heterocycles. The summed E-state index contributed by atoms with van der Waals surface area (Å²) in [5, 5.41) is 7.72. The van der Waals surface area contributed by atoms with E-state index >= 15 is 0 Å². The molecule has 0 spiro atoms. The maximum Gasteiger partial charge on any atom is 0.249 e. The van der Waals surface area contributed by atoms with Crippen LogP contribution >= 0.6 is 0 Å². The Hall–Kier alpha value is -2.92. The van der Waals surface area contributed by atoms with Gasteiger partial charge in [0.25, 0.3) is 0 Å². The number of hydrogen-bond donors (Lipinski definition) is 1. The van der Waals surface area contributed by atoms with Crippen molar-refractivity contribution in [2.45, 2.75) is 33.0 Å². The summed E-state index contributed by atoms with van der Waals surface area (Å²) in [4.78, 5) is 12.2. The fourth-order valence-corrected chi connectivity index (χ4v) is 2.93. The number of aromatic nitrogens is 2. The first kappa shape index (κ1) is 18.9. The van der Waals surface area contributed by atoms with Crippen LogP contribution in [0.5, 0.6) is 0 Å². The lowest BCUT2D eigenvalue weighted by molar-refractivity contribution is -0.131. The molecule has 3 rings (SSSR count). The average Bonchev–Trinajstić information content (AvgIpc) is 3.10. The third kappa shape index (κ3) is 5.05. The predicted octanol–water partition coefficient (Wildman–Crippen LogP) is 3.64. The van der Waals surface area contributed by atoms with Crippen LogP contribution in [-0.4, -0.2) is 28.4 Å². The van der Waals surface area contributed by atoms with Crippen LogP contribution in [0.25, 0.3) is 11.3 Å². The topological polar surface area (TPSA) is 56.1 Å². The first-order valence-corrected chi connectivity index (χ1v) is 9.22. The molecule has 0 aliphatic heterocycles. The van der Waals surface area contributed by atoms with Gasteiger partial charge in [0, 0.05) is 30.5 Å². The van der Waals surface area contributed by atoms with Gasteiger partial charge in [-0.15, -0.1) is 0 Å². The van der Waals surface area contributed by atoms with Gasteiger partial charge in [-0.3, -0.25) is 9.48 Å². The van der Waals surface area contributed by atoms with Crippen LogP contribution in [0.2, 0.25) is 0 Å². The van der Waals surface area contributed by atoms with Crippen molar-refractivity contribution >= 4 is 5.91 Å². The van der Waals surface area contributed by atoms with Gasteiger partial charge in [-0.2, -0.15) is 5.10 Å². The summed E-state index contributed by atoms with van der Waals surface area (Å²) in [6.45, 7) is 5.25. The highest BCUT2D eigenvalue weighted by Crippen LogP contribution is 2.22. The molecule has 0 saturated carbocycles. The van der Waals surface area contributed by atoms with E-state index in [0.717, 1.165) is 16.8 Å². The van der Waals surface area contributed by atoms with Gasteiger partial charge >= 0.3 is 0 Å². The van der Waals surface area contributed by atoms with Crippen molar-refractivity contribution in [1.29, 1.82) is 0 Å². The Morgan fingerprint density at radius 1 is 1.11 bits per heavy atom. The molecule has 0 bridgehead atoms. The van der Waals surface area contributed by atoms with E-state index in [1.807, 2.05) is 66.3 Å². The highest BCUT2D eigenvalue weighted by atomic mass is 16.5. The maximum atomic E-state index is 12.2. The monoisotopic (exact) mass is 363 g/mol. The van der Waals surface area contributed by atoms with Gasteiger partial charge in [-0.05, 0) is 19.4 Å². The second-order valence-electron chi connectivity index (χ2n) is 6.37. The third-order valence-electron chi connectivity index (χ3n) is 4.31. The van der Waals surface area contributed by atoms with E-state index in [2.05, 4.69) is 17.4 Å². The number of nitrogens with one attached hydrogen (secondary N) is 1. The lowest BCUT2D eigenvalue weighted by Gasteiger charge is -2.12. The Labute approximate surface area is 160 Å². The maximum absolute atomic E-state index is 12.2. The molecule has 2 aromatic carbocycles. The summed E-state index contributed by atoms with van der Waals surface area (Å²) < 4.78 is 7.28. The number of carbonyl (C=O) groups excluding carboxylic acids is 1. The van der Waals surface area contributed by atoms with Crippen LogP contribution in [-0.2, 0) is 22.6 Å². The zero-order valence-electron chi connectivity index (χ0n) is 15.8. The van der Waals surface area contributed by atoms with E-state index in [9.17, 15) is 4.79 Å². The standard InChI is InChI=1S/C22H25N3O2/c1-3-27-17(2)22(26)23-14-20-16-25(15-18-10-6-4-7-11-18)24-21(20)19-12-8-5-9-13-19/h4-13,16-17H,3,14-15H2,1-2H3,(H,23,26). The van der Waals surface area contributed by atoms with E-state index in [-0.39, 0.29) is 5.91 Å². The number of rotatable bonds is 8. The number of ether oxygens (including phenoxy) is 1. The minimum absolute atomic E-state index is 0.119. The van der Waals surface area contributed by atoms with Gasteiger partial charge in [-0.1, -0.05) is 60.7 Å². The molecule has 1 amide bonds. The van der Waals surface area contributed by atoms with Crippen molar-refractivity contribution in [3.8, 4) is 11.3 Å². The molecule has 140 valence electrons. The van der Waals surface area contributed by atoms with Crippen molar-refractivity contribution in [3.63, 3.8) is 0 Å². The highest BCUT2D eigenvalue weighted by molar-refractivity contribution is 5.80. The van der Waals surface area contributed by atoms with Crippen molar-refractivity contribution in [2.75, 3.05) is 6.61 Å². The van der Waals surface area contributed by atoms with Crippen molar-refractivity contribution < 1.29 is 9.53 Å². The number of benzene rings is 2. The molecular weight excluding hydrogens is 338 g/mol. The molecule has 1 unspecified atom stereocenters. The Morgan fingerprint density at radius 2 is 1.78 bits per heavy atom. The molecule has 0 aliphatic rings. The average molecular weight is 363 g/mol. The van der Waals surface area contributed by atoms with Gasteiger partial charge in [0.2, 0.25) is 5.91 Å². The second-order valence-corrected chi connectivity index (χ2v) is 6.37. The molecule has 0 fully saturated rings. The van der Waals surface area contributed by atoms with E-state index in [4.69, 9.17) is 9.84 Å². The van der Waals surface area contributed by atoms with E-state index in [1.54, 1.807) is 6.92 Å². The van der Waals surface area contributed by atoms with E-state index < -0.39 is 6.10 Å². The number of nitrogens with zero attached hydrogens (tertiary/aromatic N) is 2. The van der Waals surface area contributed by atoms with Gasteiger partial charge < -0.3 is 10.1 Å². The molecule has 0 saturated heterocycles. The summed E-state index contributed by atoms with van der Waals surface area (Å²) in [7, 11) is 0. The Kier molecular flexibility index (Phi) is 6.39. The first-order valence-electron chi connectivity index (χ1n) is 9.22. The highest BCUT2D eigenvalue weighted by Gasteiger charge is 2.15. The summed E-state index contributed by atoms with van der Waals surface area (Å²) in [5.41, 5.74) is 4.08. The van der Waals surface area contributed by atoms with Crippen LogP contribution in [0.3, 0.4) is 0 Å². The van der Waals surface area contributed by atoms with E-state index in [0.29, 0.717) is 19.7 Å². The number of amides is 1. The van der Waals surface area contributed by atoms with Crippen LogP contribution in [0.4, 0.5) is 0 Å². The lowest BCUT2D eigenvalue weighted by Crippen LogP contribution is -2.34. The minimum atomic E-state index is -0.463. The molecule has 5 heteroatoms. The minimum Gasteiger partial charge on any atom is -0.369 e. The van der Waals surface area contributed by atoms with Crippen molar-refractivity contribution in [3.05, 3.63) is 78.0 Å². The van der Waals surface area contributed by atoms with Gasteiger partial charge in [0.15, 0.2) is 0 Å². The molecule has 1 N–H and O–H groups in total. The SMILES string of the molecule is CCOC(C)C(=O)NCc1cn(Cc2ccccc2)nc1-c1ccccc1. The smallest absolute Gasteiger partial charge is 0.249 e. The summed E-state index contributed by atoms with van der Waals surface area (Å²) in [6.07, 6.45) is 1.54. The van der Waals surface area contributed by atoms with Gasteiger partial charge in [-0.25, -0.2) is 0 Å². The fraction of sp³-hybridized carbons (Fsp3) is 0.273. The van der Waals surface area contributed by atoms with Gasteiger partial charge in [0.1, 0.15) is 6.10 Å². The van der Waals surface area contributed by atoms with Crippen LogP contribution in [0.1, 0.15) is 25.0 Å². The lowest BCUT2D eigenvalue weighted by atomic mass is 10.1. The molecule has 27 heavy (non-hydrogen) atoms. The number of hydrogen-bond acceptors (Lipinski definition) is 3. The molecule has 1 heterocycles. The third-order valence-corrected chi connectivity index (χ3v) is 4.31.